The van der Waals surface area contributed by atoms with Gasteiger partial charge in [0.2, 0.25) is 0 Å². The molecule has 3 aromatic carbocycles. The average molecular weight is 393 g/mol. The van der Waals surface area contributed by atoms with E-state index in [1.165, 1.54) is 12.1 Å². The molecule has 3 aromatic rings. The highest BCUT2D eigenvalue weighted by Gasteiger charge is 2.16. The Morgan fingerprint density at radius 3 is 2.11 bits per heavy atom. The van der Waals surface area contributed by atoms with E-state index in [2.05, 4.69) is 11.8 Å². The van der Waals surface area contributed by atoms with Gasteiger partial charge in [0.05, 0.1) is 4.90 Å². The zero-order chi connectivity index (χ0) is 19.8. The first kappa shape index (κ1) is 19.8. The number of nitrogens with one attached hydrogen (secondary N) is 1. The van der Waals surface area contributed by atoms with Crippen LogP contribution in [-0.2, 0) is 19.9 Å². The standard InChI is InChI=1S/C22H19NO4S/c1-18-12-15-21(16-13-18)28(24,25)23-27-26-22(20-10-6-3-7-11-20)17-14-19-8-4-2-5-9-19/h2-13,15-16,22-23H,1H3. The highest BCUT2D eigenvalue weighted by molar-refractivity contribution is 7.89. The number of hydrogen-bond donors (Lipinski definition) is 1. The second-order valence-electron chi connectivity index (χ2n) is 6.01. The van der Waals surface area contributed by atoms with Gasteiger partial charge in [-0.1, -0.05) is 83.0 Å². The van der Waals surface area contributed by atoms with Crippen LogP contribution in [-0.4, -0.2) is 8.42 Å². The summed E-state index contributed by atoms with van der Waals surface area (Å²) in [4.78, 5) is 12.2. The smallest absolute Gasteiger partial charge is 0.205 e. The van der Waals surface area contributed by atoms with Crippen molar-refractivity contribution in [3.63, 3.8) is 0 Å². The van der Waals surface area contributed by atoms with Gasteiger partial charge in [-0.15, -0.1) is 4.99 Å². The summed E-state index contributed by atoms with van der Waals surface area (Å²) in [5, 5.41) is 0. The van der Waals surface area contributed by atoms with Crippen LogP contribution in [0.5, 0.6) is 0 Å². The summed E-state index contributed by atoms with van der Waals surface area (Å²) < 4.78 is 24.6. The van der Waals surface area contributed by atoms with E-state index in [-0.39, 0.29) is 4.90 Å². The van der Waals surface area contributed by atoms with Crippen LogP contribution >= 0.6 is 0 Å². The monoisotopic (exact) mass is 393 g/mol. The van der Waals surface area contributed by atoms with E-state index < -0.39 is 16.1 Å². The summed E-state index contributed by atoms with van der Waals surface area (Å²) in [5.41, 5.74) is 2.50. The fraction of sp³-hybridized carbons (Fsp3) is 0.0909. The lowest BCUT2D eigenvalue weighted by molar-refractivity contribution is -0.336. The van der Waals surface area contributed by atoms with Gasteiger partial charge in [-0.3, -0.25) is 0 Å². The third-order valence-electron chi connectivity index (χ3n) is 3.84. The summed E-state index contributed by atoms with van der Waals surface area (Å²) in [6.45, 7) is 1.87. The van der Waals surface area contributed by atoms with Gasteiger partial charge in [0.1, 0.15) is 0 Å². The molecule has 0 heterocycles. The van der Waals surface area contributed by atoms with Crippen LogP contribution in [0.15, 0.2) is 89.8 Å². The molecule has 0 fully saturated rings. The van der Waals surface area contributed by atoms with Gasteiger partial charge in [-0.05, 0) is 36.8 Å². The van der Waals surface area contributed by atoms with Crippen molar-refractivity contribution in [2.45, 2.75) is 17.9 Å². The van der Waals surface area contributed by atoms with Gasteiger partial charge in [-0.25, -0.2) is 8.42 Å². The Morgan fingerprint density at radius 2 is 1.46 bits per heavy atom. The van der Waals surface area contributed by atoms with Gasteiger partial charge in [0, 0.05) is 5.56 Å². The van der Waals surface area contributed by atoms with E-state index in [0.717, 1.165) is 16.7 Å². The van der Waals surface area contributed by atoms with Crippen molar-refractivity contribution in [2.75, 3.05) is 0 Å². The molecule has 0 aliphatic rings. The van der Waals surface area contributed by atoms with Gasteiger partial charge >= 0.3 is 0 Å². The van der Waals surface area contributed by atoms with Crippen LogP contribution in [0.1, 0.15) is 22.8 Å². The molecule has 28 heavy (non-hydrogen) atoms. The normalized spacial score (nSPS) is 12.0. The molecule has 1 atom stereocenters. The van der Waals surface area contributed by atoms with Crippen molar-refractivity contribution in [3.05, 3.63) is 102 Å². The fourth-order valence-corrected chi connectivity index (χ4v) is 3.06. The van der Waals surface area contributed by atoms with Crippen molar-refractivity contribution >= 4 is 10.0 Å². The van der Waals surface area contributed by atoms with Crippen LogP contribution in [0.2, 0.25) is 0 Å². The van der Waals surface area contributed by atoms with Crippen molar-refractivity contribution in [2.24, 2.45) is 0 Å². The molecule has 0 aromatic heterocycles. The molecule has 1 N–H and O–H groups in total. The van der Waals surface area contributed by atoms with Crippen LogP contribution in [0, 0.1) is 18.8 Å². The van der Waals surface area contributed by atoms with Gasteiger partial charge in [0.25, 0.3) is 10.0 Å². The van der Waals surface area contributed by atoms with Crippen molar-refractivity contribution in [1.29, 1.82) is 0 Å². The minimum Gasteiger partial charge on any atom is -0.205 e. The molecule has 0 amide bonds. The second kappa shape index (κ2) is 9.31. The summed E-state index contributed by atoms with van der Waals surface area (Å²) in [6, 6.07) is 25.0. The lowest BCUT2D eigenvalue weighted by atomic mass is 10.1. The molecule has 142 valence electrons. The van der Waals surface area contributed by atoms with Crippen LogP contribution in [0.4, 0.5) is 0 Å². The molecule has 0 saturated heterocycles. The molecule has 0 aliphatic carbocycles. The Hall–Kier alpha value is -2.95. The minimum atomic E-state index is -3.87. The second-order valence-corrected chi connectivity index (χ2v) is 7.65. The van der Waals surface area contributed by atoms with Gasteiger partial charge in [-0.2, -0.15) is 4.89 Å². The first-order valence-corrected chi connectivity index (χ1v) is 10.1. The summed E-state index contributed by atoms with van der Waals surface area (Å²) in [7, 11) is -3.87. The maximum absolute atomic E-state index is 12.3. The largest absolute Gasteiger partial charge is 0.264 e. The topological polar surface area (TPSA) is 64.6 Å². The Balaban J connectivity index is 1.72. The average Bonchev–Trinajstić information content (AvgIpc) is 2.72. The number of aryl methyl sites for hydroxylation is 1. The quantitative estimate of drug-likeness (QED) is 0.392. The zero-order valence-electron chi connectivity index (χ0n) is 15.2. The number of benzene rings is 3. The van der Waals surface area contributed by atoms with E-state index in [1.54, 1.807) is 12.1 Å². The fourth-order valence-electron chi connectivity index (χ4n) is 2.34. The summed E-state index contributed by atoms with van der Waals surface area (Å²) in [5.74, 6) is 5.95. The third-order valence-corrected chi connectivity index (χ3v) is 5.02. The number of sulfonamides is 1. The maximum atomic E-state index is 12.3. The SMILES string of the molecule is Cc1ccc(S(=O)(=O)NOOC(C#Cc2ccccc2)c2ccccc2)cc1. The van der Waals surface area contributed by atoms with Crippen molar-refractivity contribution < 1.29 is 18.3 Å². The molecule has 0 saturated carbocycles. The predicted molar refractivity (Wildman–Crippen MR) is 106 cm³/mol. The highest BCUT2D eigenvalue weighted by Crippen LogP contribution is 2.17. The minimum absolute atomic E-state index is 0.0772. The molecule has 0 bridgehead atoms. The molecule has 6 heteroatoms. The van der Waals surface area contributed by atoms with E-state index in [4.69, 9.17) is 9.88 Å². The summed E-state index contributed by atoms with van der Waals surface area (Å²) in [6.07, 6.45) is -0.776. The summed E-state index contributed by atoms with van der Waals surface area (Å²) >= 11 is 0. The first-order chi connectivity index (χ1) is 13.5. The zero-order valence-corrected chi connectivity index (χ0v) is 16.0. The van der Waals surface area contributed by atoms with Gasteiger partial charge in [0.15, 0.2) is 6.10 Å². The van der Waals surface area contributed by atoms with Gasteiger partial charge < -0.3 is 0 Å². The Morgan fingerprint density at radius 1 is 0.857 bits per heavy atom. The molecular formula is C22H19NO4S. The van der Waals surface area contributed by atoms with Crippen LogP contribution in [0.25, 0.3) is 0 Å². The lowest BCUT2D eigenvalue weighted by Crippen LogP contribution is -2.25. The Bertz CT molecular complexity index is 1050. The lowest BCUT2D eigenvalue weighted by Gasteiger charge is -2.12. The van der Waals surface area contributed by atoms with E-state index in [9.17, 15) is 8.42 Å². The van der Waals surface area contributed by atoms with E-state index >= 15 is 0 Å². The molecule has 5 nitrogen and oxygen atoms in total. The maximum Gasteiger partial charge on any atom is 0.264 e. The molecule has 3 rings (SSSR count). The Kier molecular flexibility index (Phi) is 6.58. The molecule has 0 spiro atoms. The molecule has 0 radical (unpaired) electrons. The van der Waals surface area contributed by atoms with E-state index in [0.29, 0.717) is 0 Å². The molecule has 0 aliphatic heterocycles. The predicted octanol–water partition coefficient (Wildman–Crippen LogP) is 3.93. The Labute approximate surface area is 164 Å². The van der Waals surface area contributed by atoms with Crippen LogP contribution < -0.4 is 4.89 Å². The third kappa shape index (κ3) is 5.52. The molecular weight excluding hydrogens is 374 g/mol. The van der Waals surface area contributed by atoms with Crippen molar-refractivity contribution in [3.8, 4) is 11.8 Å². The number of rotatable bonds is 6. The first-order valence-electron chi connectivity index (χ1n) is 8.57. The van der Waals surface area contributed by atoms with Crippen molar-refractivity contribution in [1.82, 2.24) is 4.89 Å². The highest BCUT2D eigenvalue weighted by atomic mass is 32.2. The number of hydrogen-bond acceptors (Lipinski definition) is 4. The molecule has 1 unspecified atom stereocenters. The van der Waals surface area contributed by atoms with E-state index in [1.807, 2.05) is 72.5 Å². The van der Waals surface area contributed by atoms with Crippen LogP contribution in [0.3, 0.4) is 0 Å².